The molecule has 0 bridgehead atoms. The average molecular weight is 947 g/mol. The van der Waals surface area contributed by atoms with Crippen LogP contribution < -0.4 is 15.6 Å². The lowest BCUT2D eigenvalue weighted by molar-refractivity contribution is -0.144. The van der Waals surface area contributed by atoms with Crippen LogP contribution in [0.4, 0.5) is 5.69 Å². The van der Waals surface area contributed by atoms with E-state index in [0.717, 1.165) is 102 Å². The molecule has 3 aliphatic rings. The summed E-state index contributed by atoms with van der Waals surface area (Å²) in [5.41, 5.74) is 9.59. The van der Waals surface area contributed by atoms with Gasteiger partial charge in [-0.25, -0.2) is 5.43 Å². The molecule has 0 aliphatic carbocycles. The highest BCUT2D eigenvalue weighted by Gasteiger charge is 2.31. The standard InChI is InChI=1S/C29H39N3O4.C14H26N4O3.C7H11NO.C2H6/c1-7-32-26-11-10-22(31-13-15-35-16-14-31)17-24(26)25(18-29(4,5)19-36-21(3)33)28(32)23-9-8-12-30-27(23)20(2)34-6;1-10(2)12(17(4)9-19)13(20)16-11(3)14(21)18-8-6-5-7-15-18;1-2-7(9)8-5-3-4-6-8;1-2/h8-12,17,20H,7,13-16,18-19H2,1-6H3;9-12,15H,5-8H2,1-4H3,(H,16,20);2H,1,3-6H2;1-2H3. The molecule has 16 nitrogen and oxygen atoms in total. The average Bonchev–Trinajstić information content (AvgIpc) is 4.00. The van der Waals surface area contributed by atoms with E-state index in [-0.39, 0.29) is 41.1 Å². The van der Waals surface area contributed by atoms with Gasteiger partial charge < -0.3 is 38.8 Å². The molecule has 3 aliphatic heterocycles. The first-order chi connectivity index (χ1) is 32.5. The third-order valence-corrected chi connectivity index (χ3v) is 12.2. The molecule has 4 amide bonds. The number of carbonyl (C=O) groups is 5. The van der Waals surface area contributed by atoms with Gasteiger partial charge in [0.2, 0.25) is 18.2 Å². The summed E-state index contributed by atoms with van der Waals surface area (Å²) >= 11 is 0. The number of likely N-dealkylation sites (N-methyl/N-ethyl adjacent to an activating group) is 1. The molecule has 1 aromatic carbocycles. The van der Waals surface area contributed by atoms with Gasteiger partial charge in [-0.05, 0) is 101 Å². The minimum atomic E-state index is -0.621. The maximum absolute atomic E-state index is 12.3. The van der Waals surface area contributed by atoms with E-state index in [0.29, 0.717) is 19.6 Å². The fraction of sp³-hybridized carbons (Fsp3) is 0.615. The number of nitrogens with one attached hydrogen (secondary N) is 2. The first-order valence-corrected chi connectivity index (χ1v) is 24.5. The van der Waals surface area contributed by atoms with Crippen LogP contribution in [0.1, 0.15) is 112 Å². The number of anilines is 1. The molecule has 0 spiro atoms. The van der Waals surface area contributed by atoms with Crippen molar-refractivity contribution < 1.29 is 38.2 Å². The molecule has 3 saturated heterocycles. The predicted molar refractivity (Wildman–Crippen MR) is 270 cm³/mol. The Hall–Kier alpha value is -5.32. The van der Waals surface area contributed by atoms with Gasteiger partial charge in [-0.3, -0.25) is 34.0 Å². The highest BCUT2D eigenvalue weighted by molar-refractivity contribution is 5.95. The number of fused-ring (bicyclic) bond motifs is 1. The highest BCUT2D eigenvalue weighted by atomic mass is 16.5. The SMILES string of the molecule is C=CC(=O)N1CCCC1.CC.CC(NC(=O)C(C(C)C)N(C)C=O)C(=O)N1CCCCN1.CCn1c(-c2cccnc2C(C)OC)c(CC(C)(C)COC(C)=O)c2cc(N3CCOCC3)ccc21. The van der Waals surface area contributed by atoms with E-state index < -0.39 is 12.1 Å². The van der Waals surface area contributed by atoms with E-state index >= 15 is 0 Å². The lowest BCUT2D eigenvalue weighted by atomic mass is 9.84. The molecule has 3 aromatic rings. The van der Waals surface area contributed by atoms with Crippen molar-refractivity contribution in [2.24, 2.45) is 11.3 Å². The van der Waals surface area contributed by atoms with Crippen LogP contribution in [-0.4, -0.2) is 140 Å². The molecular weight excluding hydrogens is 865 g/mol. The number of carbonyl (C=O) groups excluding carboxylic acids is 5. The Kier molecular flexibility index (Phi) is 23.7. The van der Waals surface area contributed by atoms with Gasteiger partial charge in [0.05, 0.1) is 37.3 Å². The summed E-state index contributed by atoms with van der Waals surface area (Å²) in [5, 5.41) is 5.49. The van der Waals surface area contributed by atoms with Crippen molar-refractivity contribution in [3.63, 3.8) is 0 Å². The van der Waals surface area contributed by atoms with Gasteiger partial charge in [0.15, 0.2) is 0 Å². The molecule has 2 aromatic heterocycles. The summed E-state index contributed by atoms with van der Waals surface area (Å²) in [7, 11) is 3.28. The Balaban J connectivity index is 0.000000321. The molecule has 6 rings (SSSR count). The molecule has 3 atom stereocenters. The highest BCUT2D eigenvalue weighted by Crippen LogP contribution is 2.41. The zero-order valence-electron chi connectivity index (χ0n) is 43.2. The van der Waals surface area contributed by atoms with Crippen molar-refractivity contribution in [3.05, 3.63) is 60.4 Å². The van der Waals surface area contributed by atoms with Gasteiger partial charge in [-0.15, -0.1) is 0 Å². The smallest absolute Gasteiger partial charge is 0.302 e. The van der Waals surface area contributed by atoms with Crippen molar-refractivity contribution in [2.45, 2.75) is 126 Å². The lowest BCUT2D eigenvalue weighted by Gasteiger charge is -2.32. The summed E-state index contributed by atoms with van der Waals surface area (Å²) in [6.45, 7) is 30.5. The Morgan fingerprint density at radius 2 is 1.66 bits per heavy atom. The molecule has 0 radical (unpaired) electrons. The number of morpholine rings is 1. The van der Waals surface area contributed by atoms with Gasteiger partial charge >= 0.3 is 5.97 Å². The number of likely N-dealkylation sites (tertiary alicyclic amines) is 1. The summed E-state index contributed by atoms with van der Waals surface area (Å²) in [5.74, 6) is -0.669. The van der Waals surface area contributed by atoms with Crippen LogP contribution in [0, 0.1) is 11.3 Å². The molecular formula is C52H82N8O8. The van der Waals surface area contributed by atoms with Crippen LogP contribution in [0.15, 0.2) is 49.2 Å². The van der Waals surface area contributed by atoms with E-state index in [9.17, 15) is 24.0 Å². The van der Waals surface area contributed by atoms with E-state index in [1.807, 2.05) is 51.8 Å². The number of rotatable bonds is 16. The molecule has 68 heavy (non-hydrogen) atoms. The van der Waals surface area contributed by atoms with Gasteiger partial charge in [0.25, 0.3) is 5.91 Å². The fourth-order valence-electron chi connectivity index (χ4n) is 8.69. The number of amides is 4. The summed E-state index contributed by atoms with van der Waals surface area (Å²) in [6.07, 6.45) is 8.75. The number of ether oxygens (including phenoxy) is 3. The first-order valence-electron chi connectivity index (χ1n) is 24.5. The van der Waals surface area contributed by atoms with Crippen LogP contribution in [0.25, 0.3) is 22.2 Å². The number of hydrogen-bond donors (Lipinski definition) is 2. The molecule has 3 unspecified atom stereocenters. The number of hydrazine groups is 1. The Labute approximate surface area is 406 Å². The number of esters is 1. The Morgan fingerprint density at radius 1 is 1.00 bits per heavy atom. The number of hydrogen-bond acceptors (Lipinski definition) is 11. The number of aryl methyl sites for hydroxylation is 1. The molecule has 378 valence electrons. The number of benzene rings is 1. The van der Waals surface area contributed by atoms with E-state index in [4.69, 9.17) is 19.2 Å². The van der Waals surface area contributed by atoms with Crippen molar-refractivity contribution >= 4 is 46.7 Å². The molecule has 5 heterocycles. The van der Waals surface area contributed by atoms with Crippen molar-refractivity contribution in [1.82, 2.24) is 35.1 Å². The molecule has 16 heteroatoms. The predicted octanol–water partition coefficient (Wildman–Crippen LogP) is 6.95. The third kappa shape index (κ3) is 15.9. The van der Waals surface area contributed by atoms with E-state index in [1.165, 1.54) is 40.1 Å². The lowest BCUT2D eigenvalue weighted by Crippen LogP contribution is -2.57. The number of pyridine rings is 1. The minimum Gasteiger partial charge on any atom is -0.465 e. The molecule has 2 N–H and O–H groups in total. The monoisotopic (exact) mass is 947 g/mol. The molecule has 3 fully saturated rings. The number of methoxy groups -OCH3 is 1. The van der Waals surface area contributed by atoms with Crippen LogP contribution in [0.3, 0.4) is 0 Å². The molecule has 0 saturated carbocycles. The third-order valence-electron chi connectivity index (χ3n) is 12.2. The second-order valence-electron chi connectivity index (χ2n) is 18.3. The summed E-state index contributed by atoms with van der Waals surface area (Å²) in [4.78, 5) is 68.1. The van der Waals surface area contributed by atoms with Crippen molar-refractivity contribution in [2.75, 3.05) is 78.1 Å². The summed E-state index contributed by atoms with van der Waals surface area (Å²) in [6, 6.07) is 9.72. The van der Waals surface area contributed by atoms with Gasteiger partial charge in [-0.2, -0.15) is 0 Å². The number of aromatic nitrogens is 2. The van der Waals surface area contributed by atoms with Gasteiger partial charge in [0, 0.05) is 101 Å². The van der Waals surface area contributed by atoms with Crippen LogP contribution in [0.5, 0.6) is 0 Å². The zero-order valence-corrected chi connectivity index (χ0v) is 43.2. The Bertz CT molecular complexity index is 2090. The first kappa shape index (κ1) is 57.0. The van der Waals surface area contributed by atoms with E-state index in [2.05, 4.69) is 71.8 Å². The van der Waals surface area contributed by atoms with Crippen LogP contribution >= 0.6 is 0 Å². The van der Waals surface area contributed by atoms with Crippen LogP contribution in [0.2, 0.25) is 0 Å². The van der Waals surface area contributed by atoms with Crippen molar-refractivity contribution in [1.29, 1.82) is 0 Å². The normalized spacial score (nSPS) is 16.2. The maximum atomic E-state index is 12.3. The second kappa shape index (κ2) is 28.2. The van der Waals surface area contributed by atoms with Gasteiger partial charge in [-0.1, -0.05) is 48.1 Å². The largest absolute Gasteiger partial charge is 0.465 e. The topological polar surface area (TPSA) is 168 Å². The maximum Gasteiger partial charge on any atom is 0.302 e. The number of nitrogens with zero attached hydrogens (tertiary/aromatic N) is 6. The minimum absolute atomic E-state index is 0.0318. The summed E-state index contributed by atoms with van der Waals surface area (Å²) < 4.78 is 19.1. The zero-order chi connectivity index (χ0) is 50.6. The Morgan fingerprint density at radius 3 is 2.22 bits per heavy atom. The second-order valence-corrected chi connectivity index (χ2v) is 18.3. The quantitative estimate of drug-likeness (QED) is 0.0867. The van der Waals surface area contributed by atoms with Crippen LogP contribution in [-0.2, 0) is 51.1 Å². The van der Waals surface area contributed by atoms with E-state index in [1.54, 1.807) is 26.1 Å². The van der Waals surface area contributed by atoms with Crippen molar-refractivity contribution in [3.8, 4) is 11.3 Å². The van der Waals surface area contributed by atoms with Gasteiger partial charge in [0.1, 0.15) is 12.1 Å². The fourth-order valence-corrected chi connectivity index (χ4v) is 8.69.